The highest BCUT2D eigenvalue weighted by molar-refractivity contribution is 6.13. The first kappa shape index (κ1) is 23.5. The maximum Gasteiger partial charge on any atom is 0.0384 e. The monoisotopic (exact) mass is 521 g/mol. The lowest BCUT2D eigenvalue weighted by molar-refractivity contribution is 1.54. The van der Waals surface area contributed by atoms with Crippen LogP contribution in [0.4, 0.5) is 11.4 Å². The molecule has 0 aromatic heterocycles. The first-order chi connectivity index (χ1) is 20.3. The molecule has 8 aromatic rings. The van der Waals surface area contributed by atoms with Gasteiger partial charge in [-0.2, -0.15) is 0 Å². The second-order valence-electron chi connectivity index (χ2n) is 10.7. The number of rotatable bonds is 4. The van der Waals surface area contributed by atoms with E-state index in [9.17, 15) is 0 Å². The summed E-state index contributed by atoms with van der Waals surface area (Å²) < 4.78 is 0. The smallest absolute Gasteiger partial charge is 0.0384 e. The molecule has 0 bridgehead atoms. The maximum absolute atomic E-state index is 3.58. The Labute approximate surface area is 239 Å². The van der Waals surface area contributed by atoms with Gasteiger partial charge in [-0.15, -0.1) is 0 Å². The molecule has 0 aliphatic carbocycles. The Morgan fingerprint density at radius 3 is 1.51 bits per heavy atom. The van der Waals surface area contributed by atoms with Gasteiger partial charge in [0.05, 0.1) is 0 Å². The van der Waals surface area contributed by atoms with Crippen molar-refractivity contribution in [3.05, 3.63) is 158 Å². The summed E-state index contributed by atoms with van der Waals surface area (Å²) in [5, 5.41) is 13.9. The third-order valence-corrected chi connectivity index (χ3v) is 8.22. The van der Waals surface area contributed by atoms with E-state index in [1.54, 1.807) is 0 Å². The molecule has 0 radical (unpaired) electrons. The molecule has 0 saturated heterocycles. The van der Waals surface area contributed by atoms with Crippen LogP contribution in [-0.4, -0.2) is 0 Å². The van der Waals surface area contributed by atoms with E-state index in [4.69, 9.17) is 0 Å². The molecule has 0 aliphatic heterocycles. The van der Waals surface area contributed by atoms with Gasteiger partial charge in [-0.25, -0.2) is 0 Å². The molecule has 8 rings (SSSR count). The van der Waals surface area contributed by atoms with Crippen LogP contribution in [-0.2, 0) is 0 Å². The summed E-state index contributed by atoms with van der Waals surface area (Å²) in [6.45, 7) is 0. The molecule has 0 amide bonds. The van der Waals surface area contributed by atoms with Crippen LogP contribution in [0.3, 0.4) is 0 Å². The van der Waals surface area contributed by atoms with Gasteiger partial charge in [-0.05, 0) is 102 Å². The molecular formula is C40H27N. The zero-order valence-electron chi connectivity index (χ0n) is 22.5. The molecule has 0 atom stereocenters. The highest BCUT2D eigenvalue weighted by Crippen LogP contribution is 2.36. The minimum absolute atomic E-state index is 1.07. The second kappa shape index (κ2) is 9.66. The van der Waals surface area contributed by atoms with Crippen molar-refractivity contribution in [1.82, 2.24) is 0 Å². The van der Waals surface area contributed by atoms with Gasteiger partial charge in [0, 0.05) is 11.4 Å². The van der Waals surface area contributed by atoms with Crippen LogP contribution in [0.25, 0.3) is 65.3 Å². The van der Waals surface area contributed by atoms with Crippen LogP contribution in [0, 0.1) is 0 Å². The van der Waals surface area contributed by atoms with Crippen LogP contribution in [0.2, 0.25) is 0 Å². The fourth-order valence-electron chi connectivity index (χ4n) is 6.13. The standard InChI is InChI=1S/C40H27N/c1-3-9-35-28(7-1)13-14-32-25-30(19-24-37(32)35)27-15-20-33(21-16-27)41-34-22-17-29(18-23-34)40-26-31-8-2-4-10-36(31)38-11-5-6-12-39(38)40/h1-26,41H. The van der Waals surface area contributed by atoms with Gasteiger partial charge in [0.2, 0.25) is 0 Å². The quantitative estimate of drug-likeness (QED) is 0.227. The molecule has 0 aliphatic rings. The Morgan fingerprint density at radius 2 is 0.780 bits per heavy atom. The van der Waals surface area contributed by atoms with Crippen LogP contribution in [0.1, 0.15) is 0 Å². The Kier molecular flexibility index (Phi) is 5.53. The summed E-state index contributed by atoms with van der Waals surface area (Å²) in [5.74, 6) is 0. The van der Waals surface area contributed by atoms with Crippen molar-refractivity contribution in [2.45, 2.75) is 0 Å². The van der Waals surface area contributed by atoms with Crippen molar-refractivity contribution < 1.29 is 0 Å². The lowest BCUT2D eigenvalue weighted by Crippen LogP contribution is -1.91. The molecule has 0 unspecified atom stereocenters. The van der Waals surface area contributed by atoms with Gasteiger partial charge < -0.3 is 5.32 Å². The van der Waals surface area contributed by atoms with Crippen LogP contribution < -0.4 is 5.32 Å². The van der Waals surface area contributed by atoms with E-state index in [0.717, 1.165) is 11.4 Å². The third kappa shape index (κ3) is 4.20. The lowest BCUT2D eigenvalue weighted by atomic mass is 9.93. The molecule has 1 heteroatoms. The summed E-state index contributed by atoms with van der Waals surface area (Å²) in [5.41, 5.74) is 7.07. The van der Waals surface area contributed by atoms with Crippen LogP contribution >= 0.6 is 0 Å². The van der Waals surface area contributed by atoms with Gasteiger partial charge in [0.15, 0.2) is 0 Å². The zero-order valence-corrected chi connectivity index (χ0v) is 22.5. The van der Waals surface area contributed by atoms with Crippen LogP contribution in [0.5, 0.6) is 0 Å². The fraction of sp³-hybridized carbons (Fsp3) is 0. The average molecular weight is 522 g/mol. The van der Waals surface area contributed by atoms with Crippen molar-refractivity contribution in [3.8, 4) is 22.3 Å². The first-order valence-electron chi connectivity index (χ1n) is 14.1. The summed E-state index contributed by atoms with van der Waals surface area (Å²) >= 11 is 0. The molecule has 0 heterocycles. The molecule has 1 nitrogen and oxygen atoms in total. The molecule has 0 saturated carbocycles. The average Bonchev–Trinajstić information content (AvgIpc) is 3.05. The normalized spacial score (nSPS) is 11.4. The molecule has 0 spiro atoms. The van der Waals surface area contributed by atoms with Gasteiger partial charge in [0.1, 0.15) is 0 Å². The predicted octanol–water partition coefficient (Wildman–Crippen LogP) is 11.4. The first-order valence-corrected chi connectivity index (χ1v) is 14.1. The van der Waals surface area contributed by atoms with E-state index in [1.807, 2.05) is 0 Å². The third-order valence-electron chi connectivity index (χ3n) is 8.22. The summed E-state index contributed by atoms with van der Waals surface area (Å²) in [6, 6.07) is 56.9. The number of fused-ring (bicyclic) bond motifs is 6. The van der Waals surface area contributed by atoms with E-state index in [1.165, 1.54) is 65.3 Å². The molecule has 8 aromatic carbocycles. The highest BCUT2D eigenvalue weighted by Gasteiger charge is 2.09. The summed E-state index contributed by atoms with van der Waals surface area (Å²) in [7, 11) is 0. The Balaban J connectivity index is 1.06. The van der Waals surface area contributed by atoms with Gasteiger partial charge >= 0.3 is 0 Å². The minimum Gasteiger partial charge on any atom is -0.356 e. The minimum atomic E-state index is 1.07. The summed E-state index contributed by atoms with van der Waals surface area (Å²) in [4.78, 5) is 0. The van der Waals surface area contributed by atoms with Crippen molar-refractivity contribution in [2.24, 2.45) is 0 Å². The SMILES string of the molecule is c1ccc2c(c1)ccc1cc(-c3ccc(Nc4ccc(-c5cc6ccccc6c6ccccc56)cc4)cc3)ccc12. The van der Waals surface area contributed by atoms with Crippen molar-refractivity contribution in [2.75, 3.05) is 5.32 Å². The largest absolute Gasteiger partial charge is 0.356 e. The van der Waals surface area contributed by atoms with E-state index in [0.29, 0.717) is 0 Å². The predicted molar refractivity (Wildman–Crippen MR) is 177 cm³/mol. The number of hydrogen-bond donors (Lipinski definition) is 1. The van der Waals surface area contributed by atoms with E-state index >= 15 is 0 Å². The number of benzene rings is 8. The molecular weight excluding hydrogens is 494 g/mol. The van der Waals surface area contributed by atoms with Crippen molar-refractivity contribution in [1.29, 1.82) is 0 Å². The second-order valence-corrected chi connectivity index (χ2v) is 10.7. The van der Waals surface area contributed by atoms with Gasteiger partial charge in [0.25, 0.3) is 0 Å². The fourth-order valence-corrected chi connectivity index (χ4v) is 6.13. The molecule has 0 fully saturated rings. The Hall–Kier alpha value is -5.40. The zero-order chi connectivity index (χ0) is 27.2. The van der Waals surface area contributed by atoms with E-state index in [2.05, 4.69) is 163 Å². The number of anilines is 2. The molecule has 192 valence electrons. The molecule has 41 heavy (non-hydrogen) atoms. The topological polar surface area (TPSA) is 12.0 Å². The van der Waals surface area contributed by atoms with E-state index in [-0.39, 0.29) is 0 Å². The molecule has 1 N–H and O–H groups in total. The summed E-state index contributed by atoms with van der Waals surface area (Å²) in [6.07, 6.45) is 0. The lowest BCUT2D eigenvalue weighted by Gasteiger charge is -2.12. The maximum atomic E-state index is 3.58. The Bertz CT molecular complexity index is 2210. The van der Waals surface area contributed by atoms with Gasteiger partial charge in [-0.3, -0.25) is 0 Å². The van der Waals surface area contributed by atoms with Crippen LogP contribution in [0.15, 0.2) is 158 Å². The van der Waals surface area contributed by atoms with Gasteiger partial charge in [-0.1, -0.05) is 121 Å². The highest BCUT2D eigenvalue weighted by atomic mass is 14.9. The number of hydrogen-bond acceptors (Lipinski definition) is 1. The van der Waals surface area contributed by atoms with Crippen molar-refractivity contribution in [3.63, 3.8) is 0 Å². The van der Waals surface area contributed by atoms with Crippen molar-refractivity contribution >= 4 is 54.5 Å². The number of nitrogens with one attached hydrogen (secondary N) is 1. The Morgan fingerprint density at radius 1 is 0.293 bits per heavy atom. The van der Waals surface area contributed by atoms with E-state index < -0.39 is 0 Å².